The van der Waals surface area contributed by atoms with E-state index in [-0.39, 0.29) is 11.8 Å². The van der Waals surface area contributed by atoms with Gasteiger partial charge in [-0.25, -0.2) is 0 Å². The fourth-order valence-electron chi connectivity index (χ4n) is 1.52. The highest BCUT2D eigenvalue weighted by atomic mass is 16.2. The summed E-state index contributed by atoms with van der Waals surface area (Å²) >= 11 is 0. The van der Waals surface area contributed by atoms with Crippen molar-refractivity contribution in [2.75, 3.05) is 14.1 Å². The van der Waals surface area contributed by atoms with Gasteiger partial charge in [-0.05, 0) is 6.42 Å². The molecule has 2 N–H and O–H groups in total. The minimum absolute atomic E-state index is 0.315. The summed E-state index contributed by atoms with van der Waals surface area (Å²) in [6.07, 6.45) is 0.973. The van der Waals surface area contributed by atoms with Crippen molar-refractivity contribution in [2.45, 2.75) is 6.42 Å². The Labute approximate surface area is 75.9 Å². The largest absolute Gasteiger partial charge is 0.358 e. The lowest BCUT2D eigenvalue weighted by atomic mass is 10.0. The highest BCUT2D eigenvalue weighted by Crippen LogP contribution is 2.51. The van der Waals surface area contributed by atoms with Crippen LogP contribution in [0.1, 0.15) is 6.42 Å². The molecule has 0 aromatic carbocycles. The van der Waals surface area contributed by atoms with Gasteiger partial charge >= 0.3 is 0 Å². The first-order valence-corrected chi connectivity index (χ1v) is 4.03. The van der Waals surface area contributed by atoms with Gasteiger partial charge in [0.15, 0.2) is 0 Å². The van der Waals surface area contributed by atoms with Gasteiger partial charge in [0.1, 0.15) is 11.7 Å². The van der Waals surface area contributed by atoms with Crippen LogP contribution in [0.5, 0.6) is 0 Å². The molecule has 1 aliphatic rings. The van der Waals surface area contributed by atoms with Gasteiger partial charge in [0.2, 0.25) is 11.8 Å². The summed E-state index contributed by atoms with van der Waals surface area (Å²) in [5, 5.41) is 4.78. The summed E-state index contributed by atoms with van der Waals surface area (Å²) in [4.78, 5) is 33.1. The summed E-state index contributed by atoms with van der Waals surface area (Å²) in [6, 6.07) is 0. The average molecular weight is 184 g/mol. The van der Waals surface area contributed by atoms with Crippen LogP contribution in [0, 0.1) is 11.3 Å². The molecule has 0 radical (unpaired) electrons. The number of carbonyl (C=O) groups is 3. The van der Waals surface area contributed by atoms with Crippen LogP contribution < -0.4 is 10.6 Å². The molecule has 5 heteroatoms. The Hall–Kier alpha value is -1.39. The molecule has 1 aliphatic carbocycles. The molecule has 0 aromatic rings. The maximum absolute atomic E-state index is 11.3. The maximum atomic E-state index is 11.3. The van der Waals surface area contributed by atoms with E-state index >= 15 is 0 Å². The third-order valence-electron chi connectivity index (χ3n) is 2.44. The Morgan fingerprint density at radius 3 is 2.00 bits per heavy atom. The SMILES string of the molecule is CNC(=O)C1(C(=O)NC)CC1C=O. The van der Waals surface area contributed by atoms with Crippen molar-refractivity contribution in [3.8, 4) is 0 Å². The second kappa shape index (κ2) is 3.16. The molecule has 5 nitrogen and oxygen atoms in total. The van der Waals surface area contributed by atoms with Crippen LogP contribution in [-0.2, 0) is 14.4 Å². The summed E-state index contributed by atoms with van der Waals surface area (Å²) in [7, 11) is 2.90. The number of amides is 2. The van der Waals surface area contributed by atoms with Crippen LogP contribution in [-0.4, -0.2) is 32.2 Å². The number of rotatable bonds is 3. The Kier molecular flexibility index (Phi) is 2.36. The van der Waals surface area contributed by atoms with Crippen molar-refractivity contribution in [3.05, 3.63) is 0 Å². The monoisotopic (exact) mass is 184 g/mol. The van der Waals surface area contributed by atoms with Gasteiger partial charge in [-0.2, -0.15) is 0 Å². The van der Waals surface area contributed by atoms with E-state index in [2.05, 4.69) is 10.6 Å². The van der Waals surface area contributed by atoms with E-state index in [0.717, 1.165) is 0 Å². The number of aldehydes is 1. The summed E-state index contributed by atoms with van der Waals surface area (Å²) in [5.41, 5.74) is -1.13. The summed E-state index contributed by atoms with van der Waals surface area (Å²) in [6.45, 7) is 0. The van der Waals surface area contributed by atoms with Crippen molar-refractivity contribution < 1.29 is 14.4 Å². The fraction of sp³-hybridized carbons (Fsp3) is 0.625. The third-order valence-corrected chi connectivity index (χ3v) is 2.44. The lowest BCUT2D eigenvalue weighted by Crippen LogP contribution is -2.42. The van der Waals surface area contributed by atoms with E-state index in [1.165, 1.54) is 14.1 Å². The lowest BCUT2D eigenvalue weighted by Gasteiger charge is -2.11. The highest BCUT2D eigenvalue weighted by molar-refractivity contribution is 6.11. The molecule has 1 fully saturated rings. The molecule has 0 aliphatic heterocycles. The molecule has 0 heterocycles. The van der Waals surface area contributed by atoms with Crippen molar-refractivity contribution in [3.63, 3.8) is 0 Å². The molecule has 2 amide bonds. The minimum atomic E-state index is -1.13. The standard InChI is InChI=1S/C8H12N2O3/c1-9-6(12)8(7(13)10-2)3-5(8)4-11/h4-5H,3H2,1-2H3,(H,9,12)(H,10,13). The molecular formula is C8H12N2O3. The van der Waals surface area contributed by atoms with Gasteiger partial charge in [-0.15, -0.1) is 0 Å². The van der Waals surface area contributed by atoms with Crippen molar-refractivity contribution in [1.29, 1.82) is 0 Å². The zero-order chi connectivity index (χ0) is 10.1. The molecule has 1 unspecified atom stereocenters. The third kappa shape index (κ3) is 1.20. The van der Waals surface area contributed by atoms with E-state index < -0.39 is 11.3 Å². The van der Waals surface area contributed by atoms with Gasteiger partial charge in [0.25, 0.3) is 0 Å². The number of hydrogen-bond donors (Lipinski definition) is 2. The summed E-state index contributed by atoms with van der Waals surface area (Å²) in [5.74, 6) is -1.24. The van der Waals surface area contributed by atoms with Gasteiger partial charge in [-0.3, -0.25) is 9.59 Å². The van der Waals surface area contributed by atoms with E-state index in [0.29, 0.717) is 12.7 Å². The fourth-order valence-corrected chi connectivity index (χ4v) is 1.52. The van der Waals surface area contributed by atoms with Crippen LogP contribution in [0.4, 0.5) is 0 Å². The Bertz CT molecular complexity index is 246. The Morgan fingerprint density at radius 1 is 1.31 bits per heavy atom. The van der Waals surface area contributed by atoms with Crippen molar-refractivity contribution in [1.82, 2.24) is 10.6 Å². The maximum Gasteiger partial charge on any atom is 0.236 e. The molecule has 1 atom stereocenters. The molecule has 0 aromatic heterocycles. The van der Waals surface area contributed by atoms with E-state index in [1.54, 1.807) is 0 Å². The van der Waals surface area contributed by atoms with Gasteiger partial charge in [0, 0.05) is 20.0 Å². The van der Waals surface area contributed by atoms with Crippen molar-refractivity contribution in [2.24, 2.45) is 11.3 Å². The Morgan fingerprint density at radius 2 is 1.77 bits per heavy atom. The topological polar surface area (TPSA) is 75.3 Å². The normalized spacial score (nSPS) is 23.1. The molecular weight excluding hydrogens is 172 g/mol. The van der Waals surface area contributed by atoms with E-state index in [9.17, 15) is 14.4 Å². The molecule has 1 saturated carbocycles. The predicted octanol–water partition coefficient (Wildman–Crippen LogP) is -1.32. The van der Waals surface area contributed by atoms with Crippen LogP contribution in [0.3, 0.4) is 0 Å². The minimum Gasteiger partial charge on any atom is -0.358 e. The van der Waals surface area contributed by atoms with Crippen LogP contribution in [0.2, 0.25) is 0 Å². The zero-order valence-electron chi connectivity index (χ0n) is 7.59. The molecule has 1 rings (SSSR count). The number of nitrogens with one attached hydrogen (secondary N) is 2. The molecule has 0 spiro atoms. The molecule has 72 valence electrons. The summed E-state index contributed by atoms with van der Waals surface area (Å²) < 4.78 is 0. The average Bonchev–Trinajstić information content (AvgIpc) is 2.91. The first kappa shape index (κ1) is 9.70. The molecule has 0 bridgehead atoms. The number of hydrogen-bond acceptors (Lipinski definition) is 3. The van der Waals surface area contributed by atoms with E-state index in [1.807, 2.05) is 0 Å². The first-order valence-electron chi connectivity index (χ1n) is 4.03. The first-order chi connectivity index (χ1) is 6.13. The lowest BCUT2D eigenvalue weighted by molar-refractivity contribution is -0.138. The zero-order valence-corrected chi connectivity index (χ0v) is 7.59. The molecule has 0 saturated heterocycles. The smallest absolute Gasteiger partial charge is 0.236 e. The van der Waals surface area contributed by atoms with Crippen LogP contribution in [0.15, 0.2) is 0 Å². The van der Waals surface area contributed by atoms with Crippen molar-refractivity contribution >= 4 is 18.1 Å². The second-order valence-electron chi connectivity index (χ2n) is 3.08. The predicted molar refractivity (Wildman–Crippen MR) is 44.7 cm³/mol. The van der Waals surface area contributed by atoms with E-state index in [4.69, 9.17) is 0 Å². The highest BCUT2D eigenvalue weighted by Gasteiger charge is 2.65. The van der Waals surface area contributed by atoms with Gasteiger partial charge in [0.05, 0.1) is 0 Å². The second-order valence-corrected chi connectivity index (χ2v) is 3.08. The Balaban J connectivity index is 2.86. The van der Waals surface area contributed by atoms with Gasteiger partial charge in [-0.1, -0.05) is 0 Å². The van der Waals surface area contributed by atoms with Gasteiger partial charge < -0.3 is 15.4 Å². The number of carbonyl (C=O) groups excluding carboxylic acids is 3. The van der Waals surface area contributed by atoms with Crippen LogP contribution >= 0.6 is 0 Å². The van der Waals surface area contributed by atoms with Crippen LogP contribution in [0.25, 0.3) is 0 Å². The molecule has 13 heavy (non-hydrogen) atoms. The quantitative estimate of drug-likeness (QED) is 0.422.